The summed E-state index contributed by atoms with van der Waals surface area (Å²) in [6.45, 7) is 0. The Morgan fingerprint density at radius 1 is 0.750 bits per heavy atom. The summed E-state index contributed by atoms with van der Waals surface area (Å²) < 4.78 is 0. The summed E-state index contributed by atoms with van der Waals surface area (Å²) in [4.78, 5) is 0. The molecule has 8 heavy (non-hydrogen) atoms. The average molecular weight is 174 g/mol. The molecular formula is C6H9NSe. The third-order valence-electron chi connectivity index (χ3n) is 0.718. The first-order chi connectivity index (χ1) is 3.50. The number of allylic oxidation sites excluding steroid dienone is 4. The molecule has 0 aromatic carbocycles. The summed E-state index contributed by atoms with van der Waals surface area (Å²) in [5, 5.41) is 2.92. The van der Waals surface area contributed by atoms with E-state index < -0.39 is 0 Å². The summed E-state index contributed by atoms with van der Waals surface area (Å²) in [5.41, 5.74) is 0. The van der Waals surface area contributed by atoms with Crippen LogP contribution in [0.5, 0.6) is 0 Å². The molecule has 1 heterocycles. The standard InChI is InChI=1S/C6H7N.H2Se/c1-2-4-6-7-5-3-1;/h1-7H;1H2. The molecule has 1 rings (SSSR count). The van der Waals surface area contributed by atoms with Gasteiger partial charge in [-0.05, 0) is 12.2 Å². The van der Waals surface area contributed by atoms with Crippen molar-refractivity contribution in [3.63, 3.8) is 0 Å². The van der Waals surface area contributed by atoms with Gasteiger partial charge in [-0.25, -0.2) is 0 Å². The summed E-state index contributed by atoms with van der Waals surface area (Å²) in [5.74, 6) is 0. The van der Waals surface area contributed by atoms with Gasteiger partial charge in [-0.15, -0.1) is 0 Å². The normalized spacial score (nSPS) is 14.0. The van der Waals surface area contributed by atoms with Crippen molar-refractivity contribution >= 4 is 17.1 Å². The van der Waals surface area contributed by atoms with Crippen LogP contribution in [0.25, 0.3) is 0 Å². The second-order valence-corrected chi connectivity index (χ2v) is 1.27. The van der Waals surface area contributed by atoms with Crippen molar-refractivity contribution in [1.82, 2.24) is 5.32 Å². The molecule has 0 fully saturated rings. The maximum absolute atomic E-state index is 2.92. The molecule has 0 saturated carbocycles. The van der Waals surface area contributed by atoms with Gasteiger partial charge in [0.15, 0.2) is 0 Å². The quantitative estimate of drug-likeness (QED) is 0.519. The van der Waals surface area contributed by atoms with Gasteiger partial charge in [-0.2, -0.15) is 0 Å². The zero-order chi connectivity index (χ0) is 4.95. The van der Waals surface area contributed by atoms with Crippen LogP contribution in [0.1, 0.15) is 0 Å². The topological polar surface area (TPSA) is 12.0 Å². The zero-order valence-corrected chi connectivity index (χ0v) is 6.56. The molecule has 0 unspecified atom stereocenters. The van der Waals surface area contributed by atoms with Gasteiger partial charge in [0.05, 0.1) is 0 Å². The summed E-state index contributed by atoms with van der Waals surface area (Å²) in [7, 11) is 0. The Kier molecular flexibility index (Phi) is 4.42. The molecule has 0 aromatic rings. The van der Waals surface area contributed by atoms with E-state index in [1.165, 1.54) is 0 Å². The van der Waals surface area contributed by atoms with Crippen molar-refractivity contribution in [3.8, 4) is 0 Å². The molecule has 0 radical (unpaired) electrons. The van der Waals surface area contributed by atoms with Crippen LogP contribution in [0.4, 0.5) is 0 Å². The SMILES string of the molecule is C1=CC=CNC=C1.[SeH2]. The summed E-state index contributed by atoms with van der Waals surface area (Å²) in [6, 6.07) is 0. The van der Waals surface area contributed by atoms with Crippen LogP contribution in [-0.4, -0.2) is 17.1 Å². The van der Waals surface area contributed by atoms with E-state index in [0.29, 0.717) is 0 Å². The molecule has 0 atom stereocenters. The van der Waals surface area contributed by atoms with E-state index in [4.69, 9.17) is 0 Å². The minimum atomic E-state index is 0. The van der Waals surface area contributed by atoms with Crippen LogP contribution >= 0.6 is 0 Å². The van der Waals surface area contributed by atoms with Crippen LogP contribution in [0.3, 0.4) is 0 Å². The Morgan fingerprint density at radius 3 is 1.75 bits per heavy atom. The number of nitrogens with one attached hydrogen (secondary N) is 1. The Bertz CT molecular complexity index is 110. The van der Waals surface area contributed by atoms with Gasteiger partial charge in [0.2, 0.25) is 0 Å². The van der Waals surface area contributed by atoms with Crippen molar-refractivity contribution in [1.29, 1.82) is 0 Å². The van der Waals surface area contributed by atoms with Gasteiger partial charge < -0.3 is 5.32 Å². The first kappa shape index (κ1) is 7.54. The first-order valence-corrected chi connectivity index (χ1v) is 2.24. The molecule has 0 aromatic heterocycles. The van der Waals surface area contributed by atoms with Gasteiger partial charge in [0.1, 0.15) is 0 Å². The van der Waals surface area contributed by atoms with Crippen molar-refractivity contribution in [2.75, 3.05) is 0 Å². The second-order valence-electron chi connectivity index (χ2n) is 1.27. The van der Waals surface area contributed by atoms with Crippen molar-refractivity contribution in [2.24, 2.45) is 0 Å². The first-order valence-electron chi connectivity index (χ1n) is 2.24. The third-order valence-corrected chi connectivity index (χ3v) is 0.718. The summed E-state index contributed by atoms with van der Waals surface area (Å²) in [6.07, 6.45) is 11.6. The molecule has 0 saturated heterocycles. The molecular weight excluding hydrogens is 165 g/mol. The predicted octanol–water partition coefficient (Wildman–Crippen LogP) is 0.257. The van der Waals surface area contributed by atoms with E-state index in [1.54, 1.807) is 0 Å². The fourth-order valence-corrected chi connectivity index (χ4v) is 0.406. The second kappa shape index (κ2) is 4.69. The summed E-state index contributed by atoms with van der Waals surface area (Å²) >= 11 is 0. The van der Waals surface area contributed by atoms with E-state index in [0.717, 1.165) is 0 Å². The van der Waals surface area contributed by atoms with Gasteiger partial charge >= 0.3 is 17.1 Å². The Labute approximate surface area is 59.6 Å². The molecule has 0 spiro atoms. The van der Waals surface area contributed by atoms with Gasteiger partial charge in [-0.3, -0.25) is 0 Å². The van der Waals surface area contributed by atoms with Gasteiger partial charge in [0, 0.05) is 12.4 Å². The molecule has 1 nitrogen and oxygen atoms in total. The van der Waals surface area contributed by atoms with E-state index in [2.05, 4.69) is 5.32 Å². The fraction of sp³-hybridized carbons (Fsp3) is 0. The molecule has 1 aliphatic rings. The van der Waals surface area contributed by atoms with Crippen molar-refractivity contribution in [3.05, 3.63) is 36.7 Å². The number of hydrogen-bond acceptors (Lipinski definition) is 1. The van der Waals surface area contributed by atoms with Crippen LogP contribution in [0.15, 0.2) is 36.7 Å². The van der Waals surface area contributed by atoms with E-state index >= 15 is 0 Å². The van der Waals surface area contributed by atoms with Crippen molar-refractivity contribution in [2.45, 2.75) is 0 Å². The monoisotopic (exact) mass is 175 g/mol. The van der Waals surface area contributed by atoms with Gasteiger partial charge in [-0.1, -0.05) is 12.2 Å². The Hall–Kier alpha value is -0.461. The Morgan fingerprint density at radius 2 is 1.25 bits per heavy atom. The van der Waals surface area contributed by atoms with Crippen LogP contribution < -0.4 is 5.32 Å². The number of rotatable bonds is 0. The average Bonchev–Trinajstić information content (AvgIpc) is 1.90. The minimum absolute atomic E-state index is 0. The molecule has 0 aliphatic carbocycles. The molecule has 0 bridgehead atoms. The van der Waals surface area contributed by atoms with Crippen LogP contribution in [0.2, 0.25) is 0 Å². The Balaban J connectivity index is 0.000000490. The van der Waals surface area contributed by atoms with E-state index in [-0.39, 0.29) is 17.1 Å². The third kappa shape index (κ3) is 2.67. The van der Waals surface area contributed by atoms with E-state index in [9.17, 15) is 0 Å². The molecule has 0 amide bonds. The number of hydrogen-bond donors (Lipinski definition) is 1. The van der Waals surface area contributed by atoms with Gasteiger partial charge in [0.25, 0.3) is 0 Å². The van der Waals surface area contributed by atoms with Crippen LogP contribution in [0, 0.1) is 0 Å². The maximum atomic E-state index is 2.92. The predicted molar refractivity (Wildman–Crippen MR) is 39.1 cm³/mol. The fourth-order valence-electron chi connectivity index (χ4n) is 0.406. The van der Waals surface area contributed by atoms with Crippen molar-refractivity contribution < 1.29 is 0 Å². The molecule has 44 valence electrons. The molecule has 2 heteroatoms. The van der Waals surface area contributed by atoms with Crippen LogP contribution in [-0.2, 0) is 0 Å². The molecule has 1 aliphatic heterocycles. The zero-order valence-electron chi connectivity index (χ0n) is 4.46. The van der Waals surface area contributed by atoms with E-state index in [1.807, 2.05) is 36.7 Å². The molecule has 1 N–H and O–H groups in total.